The van der Waals surface area contributed by atoms with Gasteiger partial charge in [-0.3, -0.25) is 0 Å². The molecule has 0 atom stereocenters. The molecule has 0 spiro atoms. The summed E-state index contributed by atoms with van der Waals surface area (Å²) >= 11 is 0. The van der Waals surface area contributed by atoms with Gasteiger partial charge in [0.1, 0.15) is 5.82 Å². The van der Waals surface area contributed by atoms with Crippen molar-refractivity contribution in [1.29, 1.82) is 0 Å². The summed E-state index contributed by atoms with van der Waals surface area (Å²) in [7, 11) is 0. The van der Waals surface area contributed by atoms with Crippen molar-refractivity contribution in [3.05, 3.63) is 36.0 Å². The predicted molar refractivity (Wildman–Crippen MR) is 55.6 cm³/mol. The van der Waals surface area contributed by atoms with Crippen molar-refractivity contribution in [1.82, 2.24) is 10.1 Å². The van der Waals surface area contributed by atoms with Crippen LogP contribution in [0.1, 0.15) is 17.6 Å². The normalized spacial score (nSPS) is 10.2. The van der Waals surface area contributed by atoms with E-state index in [9.17, 15) is 9.18 Å². The first-order valence-corrected chi connectivity index (χ1v) is 4.97. The van der Waals surface area contributed by atoms with Crippen molar-refractivity contribution >= 4 is 5.97 Å². The molecule has 0 unspecified atom stereocenters. The van der Waals surface area contributed by atoms with E-state index < -0.39 is 5.97 Å². The summed E-state index contributed by atoms with van der Waals surface area (Å²) in [5.74, 6) is -1.03. The van der Waals surface area contributed by atoms with Gasteiger partial charge in [-0.1, -0.05) is 5.16 Å². The lowest BCUT2D eigenvalue weighted by atomic mass is 10.2. The van der Waals surface area contributed by atoms with Crippen LogP contribution < -0.4 is 0 Å². The fraction of sp³-hybridized carbons (Fsp3) is 0.182. The summed E-state index contributed by atoms with van der Waals surface area (Å²) in [6, 6.07) is 5.54. The fourth-order valence-electron chi connectivity index (χ4n) is 1.22. The van der Waals surface area contributed by atoms with Crippen LogP contribution >= 0.6 is 0 Å². The van der Waals surface area contributed by atoms with Gasteiger partial charge in [-0.15, -0.1) is 0 Å². The number of esters is 1. The van der Waals surface area contributed by atoms with E-state index in [2.05, 4.69) is 10.1 Å². The van der Waals surface area contributed by atoms with Gasteiger partial charge in [0.25, 0.3) is 0 Å². The van der Waals surface area contributed by atoms with Gasteiger partial charge >= 0.3 is 11.9 Å². The molecule has 88 valence electrons. The van der Waals surface area contributed by atoms with Gasteiger partial charge in [0, 0.05) is 5.56 Å². The standard InChI is InChI=1S/C11H9FN2O3/c1-2-16-11(15)10-13-9(14-17-10)7-3-5-8(12)6-4-7/h3-6H,2H2,1H3. The molecule has 1 aromatic carbocycles. The second-order valence-electron chi connectivity index (χ2n) is 3.15. The first kappa shape index (κ1) is 11.3. The van der Waals surface area contributed by atoms with Gasteiger partial charge < -0.3 is 9.26 Å². The minimum atomic E-state index is -0.673. The van der Waals surface area contributed by atoms with Crippen LogP contribution in [0.2, 0.25) is 0 Å². The number of hydrogen-bond donors (Lipinski definition) is 0. The predicted octanol–water partition coefficient (Wildman–Crippen LogP) is 2.05. The Labute approximate surface area is 96.2 Å². The topological polar surface area (TPSA) is 65.2 Å². The smallest absolute Gasteiger partial charge is 0.397 e. The molecule has 0 saturated carbocycles. The second kappa shape index (κ2) is 4.73. The number of rotatable bonds is 3. The van der Waals surface area contributed by atoms with Crippen LogP contribution in [0.4, 0.5) is 4.39 Å². The highest BCUT2D eigenvalue weighted by Gasteiger charge is 2.16. The van der Waals surface area contributed by atoms with Crippen LogP contribution in [-0.4, -0.2) is 22.7 Å². The number of carbonyl (C=O) groups excluding carboxylic acids is 1. The Morgan fingerprint density at radius 1 is 1.41 bits per heavy atom. The van der Waals surface area contributed by atoms with Crippen LogP contribution in [0, 0.1) is 5.82 Å². The van der Waals surface area contributed by atoms with E-state index in [4.69, 9.17) is 9.26 Å². The van der Waals surface area contributed by atoms with Gasteiger partial charge in [0.15, 0.2) is 0 Å². The summed E-state index contributed by atoms with van der Waals surface area (Å²) in [6.07, 6.45) is 0. The minimum Gasteiger partial charge on any atom is -0.459 e. The first-order chi connectivity index (χ1) is 8.20. The van der Waals surface area contributed by atoms with Crippen LogP contribution in [0.15, 0.2) is 28.8 Å². The highest BCUT2D eigenvalue weighted by Crippen LogP contribution is 2.16. The van der Waals surface area contributed by atoms with Gasteiger partial charge in [0.2, 0.25) is 5.82 Å². The molecular weight excluding hydrogens is 227 g/mol. The maximum atomic E-state index is 12.7. The molecule has 0 fully saturated rings. The monoisotopic (exact) mass is 236 g/mol. The van der Waals surface area contributed by atoms with Crippen molar-refractivity contribution < 1.29 is 18.4 Å². The average molecular weight is 236 g/mol. The molecule has 2 rings (SSSR count). The number of hydrogen-bond acceptors (Lipinski definition) is 5. The lowest BCUT2D eigenvalue weighted by Gasteiger charge is -1.94. The summed E-state index contributed by atoms with van der Waals surface area (Å²) in [4.78, 5) is 15.1. The molecular formula is C11H9FN2O3. The van der Waals surface area contributed by atoms with Crippen molar-refractivity contribution in [3.8, 4) is 11.4 Å². The van der Waals surface area contributed by atoms with E-state index in [1.807, 2.05) is 0 Å². The van der Waals surface area contributed by atoms with E-state index in [0.717, 1.165) is 0 Å². The Balaban J connectivity index is 2.23. The summed E-state index contributed by atoms with van der Waals surface area (Å²) in [5.41, 5.74) is 0.561. The Morgan fingerprint density at radius 2 is 2.12 bits per heavy atom. The molecule has 5 nitrogen and oxygen atoms in total. The molecule has 0 aliphatic heterocycles. The molecule has 0 radical (unpaired) electrons. The van der Waals surface area contributed by atoms with Crippen LogP contribution in [0.25, 0.3) is 11.4 Å². The molecule has 0 bridgehead atoms. The third-order valence-electron chi connectivity index (χ3n) is 1.98. The van der Waals surface area contributed by atoms with Crippen LogP contribution in [-0.2, 0) is 4.74 Å². The molecule has 2 aromatic rings. The Kier molecular flexibility index (Phi) is 3.13. The number of carbonyl (C=O) groups is 1. The molecule has 0 saturated heterocycles. The van der Waals surface area contributed by atoms with E-state index in [-0.39, 0.29) is 24.1 Å². The Hall–Kier alpha value is -2.24. The quantitative estimate of drug-likeness (QED) is 0.763. The van der Waals surface area contributed by atoms with E-state index >= 15 is 0 Å². The maximum Gasteiger partial charge on any atom is 0.397 e. The number of benzene rings is 1. The summed E-state index contributed by atoms with van der Waals surface area (Å²) < 4.78 is 22.1. The minimum absolute atomic E-state index is 0.216. The molecule has 6 heteroatoms. The van der Waals surface area contributed by atoms with Crippen molar-refractivity contribution in [2.45, 2.75) is 6.92 Å². The van der Waals surface area contributed by atoms with Crippen molar-refractivity contribution in [2.24, 2.45) is 0 Å². The van der Waals surface area contributed by atoms with Gasteiger partial charge in [-0.25, -0.2) is 9.18 Å². The first-order valence-electron chi connectivity index (χ1n) is 4.97. The molecule has 1 aromatic heterocycles. The third kappa shape index (κ3) is 2.47. The number of nitrogens with zero attached hydrogens (tertiary/aromatic N) is 2. The SMILES string of the molecule is CCOC(=O)c1nc(-c2ccc(F)cc2)no1. The Bertz CT molecular complexity index is 522. The molecule has 0 amide bonds. The van der Waals surface area contributed by atoms with E-state index in [0.29, 0.717) is 5.56 Å². The zero-order valence-corrected chi connectivity index (χ0v) is 9.01. The van der Waals surface area contributed by atoms with E-state index in [1.54, 1.807) is 6.92 Å². The van der Waals surface area contributed by atoms with E-state index in [1.165, 1.54) is 24.3 Å². The molecule has 0 aliphatic rings. The zero-order chi connectivity index (χ0) is 12.3. The van der Waals surface area contributed by atoms with Gasteiger partial charge in [-0.2, -0.15) is 4.98 Å². The van der Waals surface area contributed by atoms with Crippen molar-refractivity contribution in [3.63, 3.8) is 0 Å². The molecule has 0 aliphatic carbocycles. The number of halogens is 1. The maximum absolute atomic E-state index is 12.7. The third-order valence-corrected chi connectivity index (χ3v) is 1.98. The molecule has 17 heavy (non-hydrogen) atoms. The highest BCUT2D eigenvalue weighted by molar-refractivity contribution is 5.84. The second-order valence-corrected chi connectivity index (χ2v) is 3.15. The molecule has 0 N–H and O–H groups in total. The highest BCUT2D eigenvalue weighted by atomic mass is 19.1. The van der Waals surface area contributed by atoms with Gasteiger partial charge in [0.05, 0.1) is 6.61 Å². The lowest BCUT2D eigenvalue weighted by molar-refractivity contribution is 0.0470. The number of aromatic nitrogens is 2. The molecule has 1 heterocycles. The number of ether oxygens (including phenoxy) is 1. The largest absolute Gasteiger partial charge is 0.459 e. The lowest BCUT2D eigenvalue weighted by Crippen LogP contribution is -2.04. The summed E-state index contributed by atoms with van der Waals surface area (Å²) in [5, 5.41) is 3.61. The Morgan fingerprint density at radius 3 is 2.76 bits per heavy atom. The van der Waals surface area contributed by atoms with Crippen LogP contribution in [0.3, 0.4) is 0 Å². The van der Waals surface area contributed by atoms with Crippen LogP contribution in [0.5, 0.6) is 0 Å². The van der Waals surface area contributed by atoms with Crippen molar-refractivity contribution in [2.75, 3.05) is 6.61 Å². The zero-order valence-electron chi connectivity index (χ0n) is 9.01. The summed E-state index contributed by atoms with van der Waals surface area (Å²) in [6.45, 7) is 1.91. The average Bonchev–Trinajstić information content (AvgIpc) is 2.80. The fourth-order valence-corrected chi connectivity index (χ4v) is 1.22. The van der Waals surface area contributed by atoms with Gasteiger partial charge in [-0.05, 0) is 31.2 Å².